The molecule has 0 radical (unpaired) electrons. The van der Waals surface area contributed by atoms with Crippen molar-refractivity contribution < 1.29 is 23.5 Å². The fourth-order valence-corrected chi connectivity index (χ4v) is 2.68. The lowest BCUT2D eigenvalue weighted by molar-refractivity contribution is -0.117. The van der Waals surface area contributed by atoms with Crippen molar-refractivity contribution in [2.75, 3.05) is 11.9 Å². The van der Waals surface area contributed by atoms with Gasteiger partial charge in [-0.15, -0.1) is 0 Å². The van der Waals surface area contributed by atoms with Crippen molar-refractivity contribution in [1.82, 2.24) is 5.32 Å². The summed E-state index contributed by atoms with van der Waals surface area (Å²) in [5.74, 6) is -2.94. The van der Waals surface area contributed by atoms with Gasteiger partial charge < -0.3 is 21.1 Å². The SMILES string of the molecule is Cc1ccc(C(CNC(=O)OC(C)(C)C)C(=O)Nc2ccc(C(N)=O)c(F)c2)cc1. The Morgan fingerprint density at radius 2 is 1.73 bits per heavy atom. The molecule has 1 unspecified atom stereocenters. The number of hydrogen-bond acceptors (Lipinski definition) is 4. The molecule has 0 aromatic heterocycles. The number of amides is 3. The van der Waals surface area contributed by atoms with Crippen molar-refractivity contribution >= 4 is 23.6 Å². The first kappa shape index (κ1) is 22.9. The van der Waals surface area contributed by atoms with Crippen molar-refractivity contribution in [3.05, 3.63) is 65.0 Å². The third-order valence-corrected chi connectivity index (χ3v) is 4.15. The number of anilines is 1. The smallest absolute Gasteiger partial charge is 0.407 e. The monoisotopic (exact) mass is 415 g/mol. The molecule has 0 fully saturated rings. The zero-order valence-electron chi connectivity index (χ0n) is 17.4. The van der Waals surface area contributed by atoms with Gasteiger partial charge in [-0.25, -0.2) is 9.18 Å². The molecule has 2 aromatic carbocycles. The quantitative estimate of drug-likeness (QED) is 0.671. The summed E-state index contributed by atoms with van der Waals surface area (Å²) in [5, 5.41) is 5.21. The fraction of sp³-hybridized carbons (Fsp3) is 0.318. The molecule has 0 saturated heterocycles. The normalized spacial score (nSPS) is 12.0. The number of nitrogens with two attached hydrogens (primary N) is 1. The number of carbonyl (C=O) groups excluding carboxylic acids is 3. The summed E-state index contributed by atoms with van der Waals surface area (Å²) < 4.78 is 19.2. The van der Waals surface area contributed by atoms with Crippen molar-refractivity contribution in [2.45, 2.75) is 39.2 Å². The average Bonchev–Trinajstić information content (AvgIpc) is 2.61. The number of rotatable bonds is 6. The van der Waals surface area contributed by atoms with Gasteiger partial charge in [-0.3, -0.25) is 9.59 Å². The minimum atomic E-state index is -0.899. The van der Waals surface area contributed by atoms with Gasteiger partial charge in [-0.05, 0) is 51.5 Å². The van der Waals surface area contributed by atoms with Crippen LogP contribution in [0.4, 0.5) is 14.9 Å². The van der Waals surface area contributed by atoms with Gasteiger partial charge in [0.2, 0.25) is 5.91 Å². The number of benzene rings is 2. The molecule has 0 spiro atoms. The molecule has 8 heteroatoms. The minimum Gasteiger partial charge on any atom is -0.444 e. The predicted molar refractivity (Wildman–Crippen MR) is 112 cm³/mol. The van der Waals surface area contributed by atoms with E-state index in [-0.39, 0.29) is 17.8 Å². The van der Waals surface area contributed by atoms with Gasteiger partial charge in [-0.2, -0.15) is 0 Å². The third-order valence-electron chi connectivity index (χ3n) is 4.15. The molecule has 0 saturated carbocycles. The highest BCUT2D eigenvalue weighted by molar-refractivity contribution is 5.97. The highest BCUT2D eigenvalue weighted by atomic mass is 19.1. The first-order valence-corrected chi connectivity index (χ1v) is 9.40. The summed E-state index contributed by atoms with van der Waals surface area (Å²) in [5.41, 5.74) is 6.00. The van der Waals surface area contributed by atoms with Gasteiger partial charge in [0.15, 0.2) is 0 Å². The standard InChI is InChI=1S/C22H26FN3O4/c1-13-5-7-14(8-6-13)17(12-25-21(29)30-22(2,3)4)20(28)26-15-9-10-16(19(24)27)18(23)11-15/h5-11,17H,12H2,1-4H3,(H2,24,27)(H,25,29)(H,26,28). The van der Waals surface area contributed by atoms with E-state index in [9.17, 15) is 18.8 Å². The minimum absolute atomic E-state index is 0.0222. The molecule has 30 heavy (non-hydrogen) atoms. The number of carbonyl (C=O) groups is 3. The first-order chi connectivity index (χ1) is 14.0. The molecule has 0 heterocycles. The number of hydrogen-bond donors (Lipinski definition) is 3. The lowest BCUT2D eigenvalue weighted by Gasteiger charge is -2.22. The van der Waals surface area contributed by atoms with Crippen LogP contribution in [0, 0.1) is 12.7 Å². The molecule has 0 bridgehead atoms. The Morgan fingerprint density at radius 3 is 2.27 bits per heavy atom. The van der Waals surface area contributed by atoms with Crippen molar-refractivity contribution in [2.24, 2.45) is 5.73 Å². The zero-order chi connectivity index (χ0) is 22.5. The van der Waals surface area contributed by atoms with Crippen LogP contribution in [0.2, 0.25) is 0 Å². The van der Waals surface area contributed by atoms with Crippen LogP contribution in [0.15, 0.2) is 42.5 Å². The molecule has 0 aliphatic heterocycles. The van der Waals surface area contributed by atoms with E-state index in [0.717, 1.165) is 11.6 Å². The van der Waals surface area contributed by atoms with Crippen molar-refractivity contribution in [3.8, 4) is 0 Å². The first-order valence-electron chi connectivity index (χ1n) is 9.40. The van der Waals surface area contributed by atoms with Crippen LogP contribution in [0.25, 0.3) is 0 Å². The molecule has 3 amide bonds. The number of primary amides is 1. The molecule has 1 atom stereocenters. The summed E-state index contributed by atoms with van der Waals surface area (Å²) >= 11 is 0. The van der Waals surface area contributed by atoms with E-state index in [2.05, 4.69) is 10.6 Å². The largest absolute Gasteiger partial charge is 0.444 e. The topological polar surface area (TPSA) is 111 Å². The Balaban J connectivity index is 2.20. The zero-order valence-corrected chi connectivity index (χ0v) is 17.4. The Morgan fingerprint density at radius 1 is 1.10 bits per heavy atom. The van der Waals surface area contributed by atoms with Crippen LogP contribution >= 0.6 is 0 Å². The lowest BCUT2D eigenvalue weighted by atomic mass is 9.97. The number of aryl methyl sites for hydroxylation is 1. The van der Waals surface area contributed by atoms with E-state index in [1.165, 1.54) is 12.1 Å². The van der Waals surface area contributed by atoms with E-state index in [4.69, 9.17) is 10.5 Å². The van der Waals surface area contributed by atoms with Crippen LogP contribution < -0.4 is 16.4 Å². The van der Waals surface area contributed by atoms with Crippen LogP contribution in [0.5, 0.6) is 0 Å². The molecular formula is C22H26FN3O4. The second-order valence-corrected chi connectivity index (χ2v) is 7.89. The molecule has 2 rings (SSSR count). The summed E-state index contributed by atoms with van der Waals surface area (Å²) in [6.07, 6.45) is -0.649. The molecule has 0 aliphatic rings. The van der Waals surface area contributed by atoms with Gasteiger partial charge in [0.05, 0.1) is 11.5 Å². The van der Waals surface area contributed by atoms with Gasteiger partial charge in [0, 0.05) is 12.2 Å². The predicted octanol–water partition coefficient (Wildman–Crippen LogP) is 3.48. The fourth-order valence-electron chi connectivity index (χ4n) is 2.68. The van der Waals surface area contributed by atoms with Crippen LogP contribution in [0.3, 0.4) is 0 Å². The van der Waals surface area contributed by atoms with Crippen LogP contribution in [-0.4, -0.2) is 30.1 Å². The average molecular weight is 415 g/mol. The molecule has 160 valence electrons. The van der Waals surface area contributed by atoms with Crippen LogP contribution in [0.1, 0.15) is 48.2 Å². The summed E-state index contributed by atoms with van der Waals surface area (Å²) in [6, 6.07) is 10.9. The second kappa shape index (κ2) is 9.39. The van der Waals surface area contributed by atoms with E-state index in [1.54, 1.807) is 32.9 Å². The van der Waals surface area contributed by atoms with E-state index in [0.29, 0.717) is 5.56 Å². The number of ether oxygens (including phenoxy) is 1. The molecular weight excluding hydrogens is 389 g/mol. The summed E-state index contributed by atoms with van der Waals surface area (Å²) in [6.45, 7) is 7.11. The molecule has 2 aromatic rings. The van der Waals surface area contributed by atoms with E-state index in [1.807, 2.05) is 19.1 Å². The van der Waals surface area contributed by atoms with Crippen molar-refractivity contribution in [3.63, 3.8) is 0 Å². The Bertz CT molecular complexity index is 936. The van der Waals surface area contributed by atoms with Gasteiger partial charge in [0.1, 0.15) is 11.4 Å². The molecule has 0 aliphatic carbocycles. The highest BCUT2D eigenvalue weighted by Crippen LogP contribution is 2.21. The number of alkyl carbamates (subject to hydrolysis) is 1. The van der Waals surface area contributed by atoms with E-state index >= 15 is 0 Å². The summed E-state index contributed by atoms with van der Waals surface area (Å²) in [7, 11) is 0. The Hall–Kier alpha value is -3.42. The van der Waals surface area contributed by atoms with E-state index < -0.39 is 35.2 Å². The highest BCUT2D eigenvalue weighted by Gasteiger charge is 2.24. The van der Waals surface area contributed by atoms with Crippen LogP contribution in [-0.2, 0) is 9.53 Å². The number of halogens is 1. The second-order valence-electron chi connectivity index (χ2n) is 7.89. The van der Waals surface area contributed by atoms with Gasteiger partial charge in [0.25, 0.3) is 5.91 Å². The number of nitrogens with one attached hydrogen (secondary N) is 2. The Labute approximate surface area is 174 Å². The molecule has 4 N–H and O–H groups in total. The van der Waals surface area contributed by atoms with Gasteiger partial charge in [-0.1, -0.05) is 29.8 Å². The maximum atomic E-state index is 14.0. The van der Waals surface area contributed by atoms with Gasteiger partial charge >= 0.3 is 6.09 Å². The third kappa shape index (κ3) is 6.58. The van der Waals surface area contributed by atoms with Crippen molar-refractivity contribution in [1.29, 1.82) is 0 Å². The Kier molecular flexibility index (Phi) is 7.15. The maximum absolute atomic E-state index is 14.0. The maximum Gasteiger partial charge on any atom is 0.407 e. The lowest BCUT2D eigenvalue weighted by Crippen LogP contribution is -2.37. The molecule has 7 nitrogen and oxygen atoms in total. The summed E-state index contributed by atoms with van der Waals surface area (Å²) in [4.78, 5) is 36.1.